The largest absolute Gasteiger partial charge is 0.386 e. The van der Waals surface area contributed by atoms with Gasteiger partial charge in [-0.05, 0) is 25.8 Å². The third-order valence-electron chi connectivity index (χ3n) is 2.48. The van der Waals surface area contributed by atoms with Crippen LogP contribution in [0.5, 0.6) is 0 Å². The zero-order chi connectivity index (χ0) is 13.4. The smallest absolute Gasteiger partial charge is 0.382 e. The van der Waals surface area contributed by atoms with Crippen molar-refractivity contribution in [2.24, 2.45) is 17.4 Å². The van der Waals surface area contributed by atoms with E-state index in [9.17, 15) is 14.4 Å². The first-order valence-corrected chi connectivity index (χ1v) is 5.69. The Morgan fingerprint density at radius 1 is 1.29 bits per heavy atom. The first kappa shape index (κ1) is 15.7. The van der Waals surface area contributed by atoms with Crippen LogP contribution in [0.15, 0.2) is 0 Å². The number of ketones is 1. The monoisotopic (exact) mass is 244 g/mol. The predicted octanol–water partition coefficient (Wildman–Crippen LogP) is -0.262. The van der Waals surface area contributed by atoms with Crippen molar-refractivity contribution in [1.82, 2.24) is 0 Å². The molecule has 0 saturated heterocycles. The number of Topliss-reactive ketones (excluding diaryl/α,β-unsaturated/α-hetero) is 1. The fourth-order valence-electron chi connectivity index (χ4n) is 1.06. The van der Waals surface area contributed by atoms with Gasteiger partial charge in [0.05, 0.1) is 0 Å². The molecule has 17 heavy (non-hydrogen) atoms. The Hall–Kier alpha value is -1.27. The van der Waals surface area contributed by atoms with Gasteiger partial charge in [-0.3, -0.25) is 4.79 Å². The van der Waals surface area contributed by atoms with E-state index in [1.165, 1.54) is 0 Å². The Morgan fingerprint density at radius 2 is 1.88 bits per heavy atom. The van der Waals surface area contributed by atoms with Crippen LogP contribution in [0.2, 0.25) is 0 Å². The highest BCUT2D eigenvalue weighted by Gasteiger charge is 2.26. The highest BCUT2D eigenvalue weighted by atomic mass is 16.6. The molecule has 0 fully saturated rings. The fourth-order valence-corrected chi connectivity index (χ4v) is 1.06. The van der Waals surface area contributed by atoms with Crippen molar-refractivity contribution < 1.29 is 19.1 Å². The predicted molar refractivity (Wildman–Crippen MR) is 61.8 cm³/mol. The lowest BCUT2D eigenvalue weighted by Gasteiger charge is -2.10. The minimum atomic E-state index is -1.13. The summed E-state index contributed by atoms with van der Waals surface area (Å²) in [6.07, 6.45) is 1.41. The molecule has 1 unspecified atom stereocenters. The van der Waals surface area contributed by atoms with Crippen molar-refractivity contribution in [3.05, 3.63) is 0 Å². The van der Waals surface area contributed by atoms with Crippen LogP contribution in [-0.4, -0.2) is 30.3 Å². The molecular weight excluding hydrogens is 224 g/mol. The summed E-state index contributed by atoms with van der Waals surface area (Å²) in [5, 5.41) is 0. The van der Waals surface area contributed by atoms with Gasteiger partial charge in [-0.15, -0.1) is 0 Å². The molecule has 0 amide bonds. The highest BCUT2D eigenvalue weighted by molar-refractivity contribution is 6.36. The molecule has 0 spiro atoms. The standard InChI is InChI=1S/C11H20N2O4/c1-3-7(2)9(14)11(16)17-10(15)8(13)5-4-6-12/h7-8H,3-6,12-13H2,1-2H3/t7?,8-/m1/s1. The van der Waals surface area contributed by atoms with Gasteiger partial charge in [0, 0.05) is 5.92 Å². The van der Waals surface area contributed by atoms with E-state index in [0.29, 0.717) is 25.8 Å². The first-order valence-electron chi connectivity index (χ1n) is 5.69. The summed E-state index contributed by atoms with van der Waals surface area (Å²) < 4.78 is 4.40. The van der Waals surface area contributed by atoms with E-state index >= 15 is 0 Å². The molecule has 0 aliphatic carbocycles. The molecule has 0 aliphatic heterocycles. The topological polar surface area (TPSA) is 112 Å². The number of hydrogen-bond acceptors (Lipinski definition) is 6. The number of carbonyl (C=O) groups excluding carboxylic acids is 3. The third kappa shape index (κ3) is 5.55. The number of nitrogens with two attached hydrogens (primary N) is 2. The molecule has 0 aromatic heterocycles. The number of rotatable bonds is 7. The molecule has 0 saturated carbocycles. The van der Waals surface area contributed by atoms with Crippen LogP contribution in [0, 0.1) is 5.92 Å². The minimum Gasteiger partial charge on any atom is -0.386 e. The maximum atomic E-state index is 11.4. The Kier molecular flexibility index (Phi) is 7.32. The van der Waals surface area contributed by atoms with E-state index in [4.69, 9.17) is 11.5 Å². The average Bonchev–Trinajstić information content (AvgIpc) is 2.33. The minimum absolute atomic E-state index is 0.333. The van der Waals surface area contributed by atoms with Crippen LogP contribution in [0.3, 0.4) is 0 Å². The van der Waals surface area contributed by atoms with E-state index in [0.717, 1.165) is 0 Å². The lowest BCUT2D eigenvalue weighted by Crippen LogP contribution is -2.36. The summed E-state index contributed by atoms with van der Waals surface area (Å²) in [7, 11) is 0. The molecule has 0 bridgehead atoms. The molecule has 4 N–H and O–H groups in total. The average molecular weight is 244 g/mol. The summed E-state index contributed by atoms with van der Waals surface area (Å²) in [5.41, 5.74) is 10.7. The summed E-state index contributed by atoms with van der Waals surface area (Å²) in [6, 6.07) is -0.910. The molecule has 0 aliphatic rings. The fraction of sp³-hybridized carbons (Fsp3) is 0.727. The van der Waals surface area contributed by atoms with Gasteiger partial charge >= 0.3 is 11.9 Å². The molecule has 0 aromatic carbocycles. The van der Waals surface area contributed by atoms with Crippen LogP contribution >= 0.6 is 0 Å². The molecule has 2 atom stereocenters. The van der Waals surface area contributed by atoms with Crippen LogP contribution < -0.4 is 11.5 Å². The molecular formula is C11H20N2O4. The van der Waals surface area contributed by atoms with E-state index < -0.39 is 29.7 Å². The molecule has 0 heterocycles. The molecule has 0 radical (unpaired) electrons. The molecule has 6 heteroatoms. The van der Waals surface area contributed by atoms with Crippen molar-refractivity contribution in [1.29, 1.82) is 0 Å². The quantitative estimate of drug-likeness (QED) is 0.362. The van der Waals surface area contributed by atoms with Crippen LogP contribution in [0.25, 0.3) is 0 Å². The number of esters is 2. The van der Waals surface area contributed by atoms with E-state index in [2.05, 4.69) is 4.74 Å². The number of carbonyl (C=O) groups is 3. The molecule has 98 valence electrons. The zero-order valence-corrected chi connectivity index (χ0v) is 10.3. The highest BCUT2D eigenvalue weighted by Crippen LogP contribution is 2.04. The second kappa shape index (κ2) is 7.92. The summed E-state index contributed by atoms with van der Waals surface area (Å²) >= 11 is 0. The second-order valence-corrected chi connectivity index (χ2v) is 3.92. The van der Waals surface area contributed by atoms with E-state index in [-0.39, 0.29) is 0 Å². The lowest BCUT2D eigenvalue weighted by molar-refractivity contribution is -0.166. The van der Waals surface area contributed by atoms with Gasteiger partial charge in [0.2, 0.25) is 5.78 Å². The third-order valence-corrected chi connectivity index (χ3v) is 2.48. The van der Waals surface area contributed by atoms with Crippen LogP contribution in [0.1, 0.15) is 33.1 Å². The Morgan fingerprint density at radius 3 is 2.35 bits per heavy atom. The van der Waals surface area contributed by atoms with Gasteiger partial charge in [-0.2, -0.15) is 0 Å². The van der Waals surface area contributed by atoms with Gasteiger partial charge in [0.15, 0.2) is 0 Å². The normalized spacial score (nSPS) is 13.9. The molecule has 0 rings (SSSR count). The number of hydrogen-bond donors (Lipinski definition) is 2. The van der Waals surface area contributed by atoms with Crippen molar-refractivity contribution in [3.8, 4) is 0 Å². The lowest BCUT2D eigenvalue weighted by atomic mass is 10.0. The maximum Gasteiger partial charge on any atom is 0.382 e. The Balaban J connectivity index is 4.20. The Labute approximate surface area is 101 Å². The van der Waals surface area contributed by atoms with Crippen molar-refractivity contribution >= 4 is 17.7 Å². The van der Waals surface area contributed by atoms with E-state index in [1.807, 2.05) is 0 Å². The molecule has 0 aromatic rings. The van der Waals surface area contributed by atoms with Crippen molar-refractivity contribution in [3.63, 3.8) is 0 Å². The van der Waals surface area contributed by atoms with Gasteiger partial charge in [-0.1, -0.05) is 13.8 Å². The van der Waals surface area contributed by atoms with Gasteiger partial charge in [0.25, 0.3) is 0 Å². The summed E-state index contributed by atoms with van der Waals surface area (Å²) in [5.74, 6) is -3.16. The maximum absolute atomic E-state index is 11.4. The van der Waals surface area contributed by atoms with Gasteiger partial charge in [0.1, 0.15) is 6.04 Å². The number of ether oxygens (including phenoxy) is 1. The SMILES string of the molecule is CCC(C)C(=O)C(=O)OC(=O)[C@H](N)CCCN. The van der Waals surface area contributed by atoms with Gasteiger partial charge < -0.3 is 16.2 Å². The van der Waals surface area contributed by atoms with Crippen LogP contribution in [0.4, 0.5) is 0 Å². The molecule has 6 nitrogen and oxygen atoms in total. The van der Waals surface area contributed by atoms with Crippen molar-refractivity contribution in [2.45, 2.75) is 39.2 Å². The second-order valence-electron chi connectivity index (χ2n) is 3.92. The van der Waals surface area contributed by atoms with E-state index in [1.54, 1.807) is 13.8 Å². The summed E-state index contributed by atoms with van der Waals surface area (Å²) in [4.78, 5) is 33.9. The van der Waals surface area contributed by atoms with Crippen LogP contribution in [-0.2, 0) is 19.1 Å². The Bertz CT molecular complexity index is 291. The first-order chi connectivity index (χ1) is 7.93. The summed E-state index contributed by atoms with van der Waals surface area (Å²) in [6.45, 7) is 3.77. The van der Waals surface area contributed by atoms with Gasteiger partial charge in [-0.25, -0.2) is 9.59 Å². The van der Waals surface area contributed by atoms with Crippen molar-refractivity contribution in [2.75, 3.05) is 6.54 Å². The zero-order valence-electron chi connectivity index (χ0n) is 10.3.